The van der Waals surface area contributed by atoms with Crippen molar-refractivity contribution in [1.82, 2.24) is 30.3 Å². The predicted octanol–water partition coefficient (Wildman–Crippen LogP) is 5.37. The summed E-state index contributed by atoms with van der Waals surface area (Å²) in [6, 6.07) is 7.55. The number of aryl methyl sites for hydroxylation is 1. The quantitative estimate of drug-likeness (QED) is 0.0669. The van der Waals surface area contributed by atoms with E-state index in [1.807, 2.05) is 13.0 Å². The summed E-state index contributed by atoms with van der Waals surface area (Å²) in [5.41, 5.74) is 2.48. The van der Waals surface area contributed by atoms with Crippen LogP contribution in [-0.2, 0) is 6.42 Å². The van der Waals surface area contributed by atoms with Crippen molar-refractivity contribution in [2.75, 3.05) is 64.7 Å². The number of ether oxygens (including phenoxy) is 1. The third-order valence-corrected chi connectivity index (χ3v) is 9.75. The van der Waals surface area contributed by atoms with Gasteiger partial charge in [-0.2, -0.15) is 13.2 Å². The first kappa shape index (κ1) is 35.6. The van der Waals surface area contributed by atoms with Crippen molar-refractivity contribution in [2.45, 2.75) is 39.2 Å². The maximum absolute atomic E-state index is 14.9. The minimum Gasteiger partial charge on any atom is -0.432 e. The lowest BCUT2D eigenvalue weighted by Gasteiger charge is -2.44. The Hall–Kier alpha value is -4.27. The fourth-order valence-corrected chi connectivity index (χ4v) is 7.00. The Morgan fingerprint density at radius 3 is 2.42 bits per heavy atom. The molecule has 2 aromatic carbocycles. The first-order chi connectivity index (χ1) is 24.1. The van der Waals surface area contributed by atoms with Gasteiger partial charge in [0, 0.05) is 73.8 Å². The minimum atomic E-state index is -3.29. The predicted molar refractivity (Wildman–Crippen MR) is 184 cm³/mol. The number of quaternary nitrogens is 1. The van der Waals surface area contributed by atoms with Crippen molar-refractivity contribution in [3.63, 3.8) is 0 Å². The molecular weight excluding hydrogens is 652 g/mol. The van der Waals surface area contributed by atoms with Gasteiger partial charge in [-0.3, -0.25) is 9.20 Å². The van der Waals surface area contributed by atoms with Gasteiger partial charge in [0.25, 0.3) is 5.91 Å². The molecule has 0 radical (unpaired) electrons. The monoisotopic (exact) mass is 697 g/mol. The van der Waals surface area contributed by atoms with Crippen molar-refractivity contribution in [2.24, 2.45) is 11.8 Å². The average Bonchev–Trinajstić information content (AvgIpc) is 3.49. The molecule has 6 rings (SSSR count). The molecule has 14 heteroatoms. The van der Waals surface area contributed by atoms with Crippen LogP contribution in [0.3, 0.4) is 0 Å². The smallest absolute Gasteiger partial charge is 0.387 e. The summed E-state index contributed by atoms with van der Waals surface area (Å²) in [7, 11) is 2.41. The summed E-state index contributed by atoms with van der Waals surface area (Å²) >= 11 is 0. The Balaban J connectivity index is 1.05. The van der Waals surface area contributed by atoms with Crippen LogP contribution in [0.4, 0.5) is 29.1 Å². The van der Waals surface area contributed by atoms with Gasteiger partial charge in [0.2, 0.25) is 5.82 Å². The zero-order valence-electron chi connectivity index (χ0n) is 28.5. The first-order valence-electron chi connectivity index (χ1n) is 17.3. The van der Waals surface area contributed by atoms with Gasteiger partial charge >= 0.3 is 6.61 Å². The molecule has 0 saturated carbocycles. The van der Waals surface area contributed by atoms with Crippen LogP contribution in [-0.4, -0.2) is 90.8 Å². The van der Waals surface area contributed by atoms with Gasteiger partial charge in [-0.05, 0) is 61.6 Å². The molecular formula is C36H45F4N8O2+. The Kier molecular flexibility index (Phi) is 11.2. The van der Waals surface area contributed by atoms with Crippen LogP contribution in [0.25, 0.3) is 16.9 Å². The highest BCUT2D eigenvalue weighted by molar-refractivity contribution is 5.96. The molecule has 1 amide bonds. The summed E-state index contributed by atoms with van der Waals surface area (Å²) in [5, 5.41) is 13.1. The number of halogens is 4. The second-order valence-corrected chi connectivity index (χ2v) is 13.7. The second-order valence-electron chi connectivity index (χ2n) is 13.7. The van der Waals surface area contributed by atoms with Gasteiger partial charge in [-0.15, -0.1) is 0 Å². The number of carbonyl (C=O) groups excluding carboxylic acids is 1. The van der Waals surface area contributed by atoms with Crippen LogP contribution in [0.1, 0.15) is 42.1 Å². The molecule has 268 valence electrons. The standard InChI is InChI=1S/C36H44F4N8O2/c1-3-25-15-26(46-33-34-45-20-29(47(34)13-12-43-33)28-9-10-30(50-36(39)40)32(38)31(28)37)7-8-27(25)35(49)44-11-5-4-6-14-48(2,21-23-16-41-17-23)22-24-18-42-19-24/h7-10,12-13,15,20,23-24,36,41-42H,3-6,11,14,16-19,21-22H2,1-2H3,(H-,43,44,46,49)/p+1. The minimum absolute atomic E-state index is 0.110. The second kappa shape index (κ2) is 15.7. The Bertz CT molecular complexity index is 1780. The average molecular weight is 698 g/mol. The van der Waals surface area contributed by atoms with Crippen molar-refractivity contribution >= 4 is 23.1 Å². The summed E-state index contributed by atoms with van der Waals surface area (Å²) < 4.78 is 61.2. The maximum Gasteiger partial charge on any atom is 0.387 e. The molecule has 4 aromatic rings. The zero-order valence-corrected chi connectivity index (χ0v) is 28.5. The normalized spacial score (nSPS) is 15.3. The van der Waals surface area contributed by atoms with Gasteiger partial charge < -0.3 is 30.5 Å². The topological polar surface area (TPSA) is 105 Å². The van der Waals surface area contributed by atoms with Crippen LogP contribution in [0, 0.1) is 23.5 Å². The molecule has 0 aliphatic carbocycles. The molecule has 50 heavy (non-hydrogen) atoms. The maximum atomic E-state index is 14.9. The number of anilines is 2. The highest BCUT2D eigenvalue weighted by atomic mass is 19.3. The number of fused-ring (bicyclic) bond motifs is 1. The fraction of sp³-hybridized carbons (Fsp3) is 0.472. The molecule has 2 aliphatic heterocycles. The SMILES string of the molecule is CCc1cc(Nc2nccn3c(-c4ccc(OC(F)F)c(F)c4F)cnc23)ccc1C(=O)NCCCCC[N+](C)(CC1CNC1)CC1CNC1. The number of rotatable bonds is 17. The van der Waals surface area contributed by atoms with E-state index in [0.29, 0.717) is 35.7 Å². The van der Waals surface area contributed by atoms with E-state index in [1.54, 1.807) is 12.1 Å². The summed E-state index contributed by atoms with van der Waals surface area (Å²) in [6.07, 6.45) is 8.11. The van der Waals surface area contributed by atoms with E-state index in [4.69, 9.17) is 0 Å². The summed E-state index contributed by atoms with van der Waals surface area (Å²) in [5.74, 6) is -1.95. The lowest BCUT2D eigenvalue weighted by molar-refractivity contribution is -0.916. The van der Waals surface area contributed by atoms with E-state index in [9.17, 15) is 22.4 Å². The molecule has 2 saturated heterocycles. The number of amides is 1. The zero-order chi connectivity index (χ0) is 35.3. The van der Waals surface area contributed by atoms with Crippen LogP contribution in [0.5, 0.6) is 5.75 Å². The van der Waals surface area contributed by atoms with Crippen LogP contribution < -0.4 is 26.0 Å². The molecule has 2 fully saturated rings. The number of nitrogens with one attached hydrogen (secondary N) is 4. The summed E-state index contributed by atoms with van der Waals surface area (Å²) in [4.78, 5) is 21.9. The number of unbranched alkanes of at least 4 members (excludes halogenated alkanes) is 2. The summed E-state index contributed by atoms with van der Waals surface area (Å²) in [6.45, 7) is 7.47. The third-order valence-electron chi connectivity index (χ3n) is 9.75. The lowest BCUT2D eigenvalue weighted by Crippen LogP contribution is -2.60. The Morgan fingerprint density at radius 1 is 1.02 bits per heavy atom. The number of imidazole rings is 1. The van der Waals surface area contributed by atoms with Crippen molar-refractivity contribution in [3.8, 4) is 17.0 Å². The highest BCUT2D eigenvalue weighted by Gasteiger charge is 2.34. The van der Waals surface area contributed by atoms with Crippen molar-refractivity contribution in [3.05, 3.63) is 71.7 Å². The van der Waals surface area contributed by atoms with Crippen LogP contribution >= 0.6 is 0 Å². The van der Waals surface area contributed by atoms with E-state index >= 15 is 0 Å². The molecule has 0 spiro atoms. The first-order valence-corrected chi connectivity index (χ1v) is 17.3. The van der Waals surface area contributed by atoms with Gasteiger partial charge in [0.1, 0.15) is 0 Å². The van der Waals surface area contributed by atoms with E-state index in [-0.39, 0.29) is 17.2 Å². The van der Waals surface area contributed by atoms with Crippen LogP contribution in [0.15, 0.2) is 48.9 Å². The number of alkyl halides is 2. The molecule has 2 aromatic heterocycles. The Morgan fingerprint density at radius 2 is 1.76 bits per heavy atom. The van der Waals surface area contributed by atoms with Gasteiger partial charge in [0.05, 0.1) is 38.6 Å². The molecule has 4 N–H and O–H groups in total. The largest absolute Gasteiger partial charge is 0.432 e. The van der Waals surface area contributed by atoms with Crippen LogP contribution in [0.2, 0.25) is 0 Å². The third kappa shape index (κ3) is 8.19. The number of hydrogen-bond donors (Lipinski definition) is 4. The molecule has 4 heterocycles. The Labute approximate surface area is 289 Å². The number of hydrogen-bond acceptors (Lipinski definition) is 7. The lowest BCUT2D eigenvalue weighted by atomic mass is 9.97. The molecule has 0 unspecified atom stereocenters. The molecule has 10 nitrogen and oxygen atoms in total. The van der Waals surface area contributed by atoms with E-state index in [2.05, 4.69) is 43.0 Å². The fourth-order valence-electron chi connectivity index (χ4n) is 7.00. The molecule has 0 bridgehead atoms. The van der Waals surface area contributed by atoms with Crippen molar-refractivity contribution in [1.29, 1.82) is 0 Å². The molecule has 2 aliphatic rings. The molecule has 0 atom stereocenters. The van der Waals surface area contributed by atoms with E-state index < -0.39 is 24.0 Å². The van der Waals surface area contributed by atoms with E-state index in [1.165, 1.54) is 42.6 Å². The highest BCUT2D eigenvalue weighted by Crippen LogP contribution is 2.32. The van der Waals surface area contributed by atoms with E-state index in [0.717, 1.165) is 79.5 Å². The number of benzene rings is 2. The number of nitrogens with zero attached hydrogens (tertiary/aromatic N) is 4. The number of carbonyl (C=O) groups is 1. The van der Waals surface area contributed by atoms with Gasteiger partial charge in [0.15, 0.2) is 23.0 Å². The van der Waals surface area contributed by atoms with Crippen molar-refractivity contribution < 1.29 is 31.6 Å². The van der Waals surface area contributed by atoms with Gasteiger partial charge in [-0.25, -0.2) is 14.4 Å². The van der Waals surface area contributed by atoms with Gasteiger partial charge in [-0.1, -0.05) is 6.92 Å². The number of aromatic nitrogens is 3.